The van der Waals surface area contributed by atoms with E-state index in [2.05, 4.69) is 290 Å². The average Bonchev–Trinajstić information content (AvgIpc) is 1.59. The molecule has 13 aromatic carbocycles. The number of imidazole rings is 2. The summed E-state index contributed by atoms with van der Waals surface area (Å²) in [5.41, 5.74) is 20.7. The minimum Gasteiger partial charge on any atom is -0.456 e. The van der Waals surface area contributed by atoms with Gasteiger partial charge in [0.1, 0.15) is 33.5 Å². The van der Waals surface area contributed by atoms with Gasteiger partial charge < -0.3 is 27.0 Å². The Kier molecular flexibility index (Phi) is 16.6. The highest BCUT2D eigenvalue weighted by Crippen LogP contribution is 2.34. The maximum Gasteiger partial charge on any atom is 0.215 e. The molecule has 0 saturated carbocycles. The topological polar surface area (TPSA) is 71.5 Å². The zero-order valence-corrected chi connectivity index (χ0v) is 53.8. The summed E-state index contributed by atoms with van der Waals surface area (Å²) in [6, 6.07) is 104. The summed E-state index contributed by atoms with van der Waals surface area (Å²) in [4.78, 5) is 4.68. The molecule has 0 unspecified atom stereocenters. The SMILES string of the molecule is Cc1ccc2c(c1)oc1ccccc12.Cc1ccc2oc3ccccc3c2c1.Cc1cccc2c1oc1ccccc12.Cc1ccccc1.Cn1c2ccccc2c2ccccc21.Cn1c2ccccc2c2ccccc21.Cn1c2ccccc2n2c3ccccc3nc12. The van der Waals surface area contributed by atoms with Crippen molar-refractivity contribution in [2.75, 3.05) is 0 Å². The van der Waals surface area contributed by atoms with E-state index in [1.54, 1.807) is 0 Å². The molecule has 0 saturated heterocycles. The summed E-state index contributed by atoms with van der Waals surface area (Å²) in [6.07, 6.45) is 0. The zero-order valence-electron chi connectivity index (χ0n) is 53.8. The van der Waals surface area contributed by atoms with Gasteiger partial charge in [0.25, 0.3) is 0 Å². The summed E-state index contributed by atoms with van der Waals surface area (Å²) in [6.45, 7) is 8.33. The highest BCUT2D eigenvalue weighted by molar-refractivity contribution is 6.10. The van der Waals surface area contributed by atoms with Crippen LogP contribution in [0.25, 0.3) is 137 Å². The Morgan fingerprint density at radius 2 is 0.628 bits per heavy atom. The summed E-state index contributed by atoms with van der Waals surface area (Å²) < 4.78 is 26.1. The molecule has 0 atom stereocenters. The molecular weight excluding hydrogens is 1150 g/mol. The van der Waals surface area contributed by atoms with E-state index in [1.807, 2.05) is 84.9 Å². The van der Waals surface area contributed by atoms with Crippen LogP contribution in [0.4, 0.5) is 0 Å². The second-order valence-corrected chi connectivity index (χ2v) is 23.9. The summed E-state index contributed by atoms with van der Waals surface area (Å²) in [5.74, 6) is 0.993. The zero-order chi connectivity index (χ0) is 64.2. The van der Waals surface area contributed by atoms with Crippen LogP contribution in [-0.2, 0) is 21.1 Å². The van der Waals surface area contributed by atoms with Gasteiger partial charge in [-0.1, -0.05) is 230 Å². The molecule has 0 amide bonds. The fourth-order valence-corrected chi connectivity index (χ4v) is 12.9. The van der Waals surface area contributed by atoms with Gasteiger partial charge >= 0.3 is 0 Å². The van der Waals surface area contributed by atoms with Crippen molar-refractivity contribution in [2.24, 2.45) is 21.1 Å². The molecule has 0 N–H and O–H groups in total. The van der Waals surface area contributed by atoms with E-state index in [0.29, 0.717) is 0 Å². The molecule has 0 radical (unpaired) electrons. The van der Waals surface area contributed by atoms with Crippen molar-refractivity contribution in [3.63, 3.8) is 0 Å². The van der Waals surface area contributed by atoms with Crippen molar-refractivity contribution in [3.8, 4) is 0 Å². The van der Waals surface area contributed by atoms with Crippen molar-refractivity contribution in [3.05, 3.63) is 326 Å². The Morgan fingerprint density at radius 3 is 1.17 bits per heavy atom. The largest absolute Gasteiger partial charge is 0.456 e. The molecule has 20 aromatic rings. The lowest BCUT2D eigenvalue weighted by atomic mass is 10.1. The third kappa shape index (κ3) is 11.7. The van der Waals surface area contributed by atoms with Crippen molar-refractivity contribution in [2.45, 2.75) is 27.7 Å². The molecule has 94 heavy (non-hydrogen) atoms. The van der Waals surface area contributed by atoms with E-state index in [0.717, 1.165) is 44.8 Å². The van der Waals surface area contributed by atoms with Crippen molar-refractivity contribution in [1.82, 2.24) is 23.1 Å². The van der Waals surface area contributed by atoms with Crippen LogP contribution in [0.2, 0.25) is 0 Å². The van der Waals surface area contributed by atoms with E-state index >= 15 is 0 Å². The van der Waals surface area contributed by atoms with Crippen molar-refractivity contribution in [1.29, 1.82) is 0 Å². The predicted molar refractivity (Wildman–Crippen MR) is 397 cm³/mol. The number of furan rings is 3. The second-order valence-electron chi connectivity index (χ2n) is 23.9. The Bertz CT molecular complexity index is 5800. The molecule has 458 valence electrons. The van der Waals surface area contributed by atoms with Gasteiger partial charge in [-0.3, -0.25) is 4.40 Å². The Labute approximate surface area is 545 Å². The third-order valence-electron chi connectivity index (χ3n) is 17.6. The smallest absolute Gasteiger partial charge is 0.215 e. The van der Waals surface area contributed by atoms with Crippen LogP contribution in [0.5, 0.6) is 0 Å². The molecule has 8 heteroatoms. The molecule has 0 fully saturated rings. The molecule has 0 bridgehead atoms. The summed E-state index contributed by atoms with van der Waals surface area (Å²) in [5, 5.41) is 12.6. The maximum absolute atomic E-state index is 5.78. The van der Waals surface area contributed by atoms with Crippen LogP contribution in [0.1, 0.15) is 22.3 Å². The number of aryl methyl sites for hydroxylation is 7. The quantitative estimate of drug-likeness (QED) is 0.152. The van der Waals surface area contributed by atoms with E-state index in [-0.39, 0.29) is 0 Å². The molecular formula is C86H71N5O3. The first-order valence-electron chi connectivity index (χ1n) is 31.9. The Balaban J connectivity index is 0.0000000956. The fourth-order valence-electron chi connectivity index (χ4n) is 12.9. The monoisotopic (exact) mass is 1220 g/mol. The first-order valence-corrected chi connectivity index (χ1v) is 31.9. The minimum absolute atomic E-state index is 0.966. The lowest BCUT2D eigenvalue weighted by Crippen LogP contribution is -1.87. The van der Waals surface area contributed by atoms with E-state index in [1.165, 1.54) is 115 Å². The van der Waals surface area contributed by atoms with E-state index in [4.69, 9.17) is 13.3 Å². The molecule has 0 aliphatic rings. The first-order chi connectivity index (χ1) is 46.1. The van der Waals surface area contributed by atoms with Gasteiger partial charge in [0.05, 0.1) is 22.1 Å². The molecule has 0 aliphatic carbocycles. The van der Waals surface area contributed by atoms with Gasteiger partial charge in [0.2, 0.25) is 5.78 Å². The van der Waals surface area contributed by atoms with E-state index in [9.17, 15) is 0 Å². The van der Waals surface area contributed by atoms with Gasteiger partial charge in [0.15, 0.2) is 0 Å². The number of hydrogen-bond acceptors (Lipinski definition) is 4. The van der Waals surface area contributed by atoms with Crippen LogP contribution in [-0.4, -0.2) is 23.1 Å². The molecule has 7 aromatic heterocycles. The normalized spacial score (nSPS) is 11.1. The maximum atomic E-state index is 5.78. The summed E-state index contributed by atoms with van der Waals surface area (Å²) >= 11 is 0. The standard InChI is InChI=1S/C14H11N3.2C13H11N.3C13H10O.C7H8/c1-16-12-8-4-5-9-13(12)17-11-7-3-2-6-10(11)15-14(16)17;2*1-14-12-8-4-2-6-10(12)11-7-3-5-9-13(11)14;1-9-5-4-7-11-10-6-2-3-8-12(10)14-13(9)11;1-9-6-7-13-11(8-9)10-4-2-3-5-12(10)14-13;1-9-6-7-11-10-4-2-3-5-12(10)14-13(11)8-9;1-7-5-3-2-4-6-7/h2-9H,1H3;2*2-9H,1H3;3*2-8H,1H3;2-6H,1H3. The van der Waals surface area contributed by atoms with Gasteiger partial charge in [0, 0.05) is 97.1 Å². The number of hydrogen-bond donors (Lipinski definition) is 0. The molecule has 7 heterocycles. The number of rotatable bonds is 0. The fraction of sp³-hybridized carbons (Fsp3) is 0.0814. The lowest BCUT2D eigenvalue weighted by Gasteiger charge is -1.95. The highest BCUT2D eigenvalue weighted by atomic mass is 16.3. The van der Waals surface area contributed by atoms with Crippen LogP contribution >= 0.6 is 0 Å². The van der Waals surface area contributed by atoms with Gasteiger partial charge in [-0.25, -0.2) is 4.98 Å². The third-order valence-corrected chi connectivity index (χ3v) is 17.6. The lowest BCUT2D eigenvalue weighted by molar-refractivity contribution is 0.665. The molecule has 0 aliphatic heterocycles. The van der Waals surface area contributed by atoms with Gasteiger partial charge in [-0.15, -0.1) is 0 Å². The van der Waals surface area contributed by atoms with Gasteiger partial charge in [-0.05, 0) is 124 Å². The molecule has 0 spiro atoms. The van der Waals surface area contributed by atoms with Crippen molar-refractivity contribution < 1.29 is 13.3 Å². The number of aromatic nitrogens is 5. The number of benzene rings is 13. The minimum atomic E-state index is 0.966. The second kappa shape index (κ2) is 26.2. The first kappa shape index (κ1) is 59.7. The Hall–Kier alpha value is -11.9. The Morgan fingerprint density at radius 1 is 0.245 bits per heavy atom. The van der Waals surface area contributed by atoms with Crippen molar-refractivity contribution >= 4 is 137 Å². The molecule has 8 nitrogen and oxygen atoms in total. The average molecular weight is 1220 g/mol. The van der Waals surface area contributed by atoms with Gasteiger partial charge in [-0.2, -0.15) is 0 Å². The van der Waals surface area contributed by atoms with Crippen LogP contribution in [0, 0.1) is 27.7 Å². The van der Waals surface area contributed by atoms with Crippen LogP contribution < -0.4 is 0 Å². The number of fused-ring (bicyclic) bond motifs is 20. The van der Waals surface area contributed by atoms with E-state index < -0.39 is 0 Å². The highest BCUT2D eigenvalue weighted by Gasteiger charge is 2.14. The number of nitrogens with zero attached hydrogens (tertiary/aromatic N) is 5. The van der Waals surface area contributed by atoms with Crippen LogP contribution in [0.15, 0.2) is 317 Å². The number of para-hydroxylation sites is 12. The van der Waals surface area contributed by atoms with Crippen LogP contribution in [0.3, 0.4) is 0 Å². The molecule has 20 rings (SSSR count). The summed E-state index contributed by atoms with van der Waals surface area (Å²) in [7, 11) is 6.29. The predicted octanol–water partition coefficient (Wildman–Crippen LogP) is 23.3.